The molecule has 7 heteroatoms. The van der Waals surface area contributed by atoms with Gasteiger partial charge in [0.25, 0.3) is 0 Å². The molecule has 1 saturated heterocycles. The zero-order chi connectivity index (χ0) is 17.8. The number of piperazine rings is 1. The Morgan fingerprint density at radius 2 is 1.92 bits per heavy atom. The summed E-state index contributed by atoms with van der Waals surface area (Å²) < 4.78 is 5.32. The molecule has 3 heterocycles. The topological polar surface area (TPSA) is 70.3 Å². The minimum absolute atomic E-state index is 0.576. The van der Waals surface area contributed by atoms with Crippen molar-refractivity contribution in [1.82, 2.24) is 15.2 Å². The number of hydrogen-bond donors (Lipinski definition) is 1. The Morgan fingerprint density at radius 3 is 2.69 bits per heavy atom. The second-order valence-corrected chi connectivity index (χ2v) is 6.39. The van der Waals surface area contributed by atoms with Crippen molar-refractivity contribution in [2.24, 2.45) is 0 Å². The molecule has 0 bridgehead atoms. The number of anilines is 3. The number of rotatable bonds is 5. The monoisotopic (exact) mass is 350 g/mol. The summed E-state index contributed by atoms with van der Waals surface area (Å²) in [6, 6.07) is 12.4. The quantitative estimate of drug-likeness (QED) is 0.758. The first kappa shape index (κ1) is 16.4. The largest absolute Gasteiger partial charge is 0.467 e. The molecule has 7 nitrogen and oxygen atoms in total. The van der Waals surface area contributed by atoms with Crippen molar-refractivity contribution in [2.75, 3.05) is 41.3 Å². The normalized spacial score (nSPS) is 14.5. The third kappa shape index (κ3) is 3.77. The predicted molar refractivity (Wildman–Crippen MR) is 101 cm³/mol. The fourth-order valence-electron chi connectivity index (χ4n) is 3.09. The van der Waals surface area contributed by atoms with E-state index in [0.29, 0.717) is 18.3 Å². The van der Waals surface area contributed by atoms with Gasteiger partial charge >= 0.3 is 0 Å². The van der Waals surface area contributed by atoms with E-state index >= 15 is 0 Å². The molecule has 0 unspecified atom stereocenters. The molecule has 0 aliphatic carbocycles. The van der Waals surface area contributed by atoms with Crippen molar-refractivity contribution in [3.8, 4) is 0 Å². The summed E-state index contributed by atoms with van der Waals surface area (Å²) >= 11 is 0. The second-order valence-electron chi connectivity index (χ2n) is 6.39. The average molecular weight is 350 g/mol. The van der Waals surface area contributed by atoms with E-state index in [1.165, 1.54) is 11.3 Å². The zero-order valence-corrected chi connectivity index (χ0v) is 14.8. The van der Waals surface area contributed by atoms with Gasteiger partial charge in [-0.05, 0) is 36.8 Å². The summed E-state index contributed by atoms with van der Waals surface area (Å²) in [6.07, 6.45) is 3.30. The number of benzene rings is 1. The van der Waals surface area contributed by atoms with Crippen molar-refractivity contribution in [3.63, 3.8) is 0 Å². The maximum atomic E-state index is 5.32. The molecular weight excluding hydrogens is 328 g/mol. The lowest BCUT2D eigenvalue weighted by Gasteiger charge is -2.36. The minimum atomic E-state index is 0.576. The molecule has 1 N–H and O–H groups in total. The van der Waals surface area contributed by atoms with Gasteiger partial charge in [0.15, 0.2) is 5.82 Å². The summed E-state index contributed by atoms with van der Waals surface area (Å²) in [4.78, 5) is 9.17. The van der Waals surface area contributed by atoms with E-state index in [4.69, 9.17) is 4.42 Å². The molecule has 1 aromatic carbocycles. The van der Waals surface area contributed by atoms with Gasteiger partial charge in [-0.3, -0.25) is 0 Å². The van der Waals surface area contributed by atoms with Crippen LogP contribution in [0.1, 0.15) is 11.3 Å². The van der Waals surface area contributed by atoms with Crippen LogP contribution in [0.2, 0.25) is 0 Å². The van der Waals surface area contributed by atoms with Gasteiger partial charge < -0.3 is 19.5 Å². The van der Waals surface area contributed by atoms with Crippen LogP contribution in [0, 0.1) is 6.92 Å². The molecule has 26 heavy (non-hydrogen) atoms. The Morgan fingerprint density at radius 1 is 1.08 bits per heavy atom. The number of nitrogens with one attached hydrogen (secondary N) is 1. The highest BCUT2D eigenvalue weighted by Gasteiger charge is 2.20. The molecule has 0 amide bonds. The van der Waals surface area contributed by atoms with Crippen LogP contribution in [-0.2, 0) is 6.54 Å². The van der Waals surface area contributed by atoms with Crippen LogP contribution in [0.15, 0.2) is 53.3 Å². The minimum Gasteiger partial charge on any atom is -0.467 e. The number of hydrogen-bond acceptors (Lipinski definition) is 7. The molecule has 4 rings (SSSR count). The van der Waals surface area contributed by atoms with Crippen LogP contribution >= 0.6 is 0 Å². The number of aromatic nitrogens is 3. The van der Waals surface area contributed by atoms with Crippen molar-refractivity contribution in [1.29, 1.82) is 0 Å². The van der Waals surface area contributed by atoms with E-state index in [1.807, 2.05) is 12.1 Å². The molecule has 0 saturated carbocycles. The van der Waals surface area contributed by atoms with Gasteiger partial charge in [0, 0.05) is 31.9 Å². The Balaban J connectivity index is 1.37. The number of furan rings is 1. The van der Waals surface area contributed by atoms with E-state index in [0.717, 1.165) is 31.9 Å². The number of nitrogens with zero attached hydrogens (tertiary/aromatic N) is 5. The average Bonchev–Trinajstić information content (AvgIpc) is 3.20. The van der Waals surface area contributed by atoms with Gasteiger partial charge in [-0.1, -0.05) is 12.1 Å². The smallest absolute Gasteiger partial charge is 0.247 e. The summed E-state index contributed by atoms with van der Waals surface area (Å²) in [6.45, 7) is 6.33. The highest BCUT2D eigenvalue weighted by atomic mass is 16.3. The van der Waals surface area contributed by atoms with Gasteiger partial charge in [0.2, 0.25) is 5.95 Å². The van der Waals surface area contributed by atoms with E-state index < -0.39 is 0 Å². The van der Waals surface area contributed by atoms with Crippen molar-refractivity contribution in [3.05, 3.63) is 60.2 Å². The fraction of sp³-hybridized carbons (Fsp3) is 0.316. The lowest BCUT2D eigenvalue weighted by Crippen LogP contribution is -2.47. The van der Waals surface area contributed by atoms with E-state index in [1.54, 1.807) is 12.5 Å². The first-order valence-corrected chi connectivity index (χ1v) is 8.80. The first-order chi connectivity index (χ1) is 12.8. The zero-order valence-electron chi connectivity index (χ0n) is 14.8. The summed E-state index contributed by atoms with van der Waals surface area (Å²) in [5, 5.41) is 11.5. The van der Waals surface area contributed by atoms with Crippen molar-refractivity contribution >= 4 is 17.5 Å². The molecule has 0 atom stereocenters. The molecule has 1 aliphatic heterocycles. The SMILES string of the molecule is Cc1cccc(N2CCN(c3nncc(NCc4ccco4)n3)CC2)c1. The molecule has 2 aromatic heterocycles. The van der Waals surface area contributed by atoms with Crippen LogP contribution in [0.3, 0.4) is 0 Å². The van der Waals surface area contributed by atoms with Crippen molar-refractivity contribution in [2.45, 2.75) is 13.5 Å². The highest BCUT2D eigenvalue weighted by Crippen LogP contribution is 2.19. The van der Waals surface area contributed by atoms with Gasteiger partial charge in [-0.15, -0.1) is 5.10 Å². The van der Waals surface area contributed by atoms with E-state index in [2.05, 4.69) is 61.5 Å². The number of aryl methyl sites for hydroxylation is 1. The second kappa shape index (κ2) is 7.43. The third-order valence-corrected chi connectivity index (χ3v) is 4.50. The van der Waals surface area contributed by atoms with Gasteiger partial charge in [-0.2, -0.15) is 10.1 Å². The van der Waals surface area contributed by atoms with Crippen LogP contribution in [0.5, 0.6) is 0 Å². The Kier molecular flexibility index (Phi) is 4.68. The predicted octanol–water partition coefficient (Wildman–Crippen LogP) is 2.71. The summed E-state index contributed by atoms with van der Waals surface area (Å²) in [7, 11) is 0. The van der Waals surface area contributed by atoms with Crippen LogP contribution in [0.25, 0.3) is 0 Å². The highest BCUT2D eigenvalue weighted by molar-refractivity contribution is 5.50. The summed E-state index contributed by atoms with van der Waals surface area (Å²) in [5.41, 5.74) is 2.56. The molecule has 134 valence electrons. The molecular formula is C19H22N6O. The molecule has 1 aliphatic rings. The molecule has 0 radical (unpaired) electrons. The lowest BCUT2D eigenvalue weighted by molar-refractivity contribution is 0.517. The van der Waals surface area contributed by atoms with Gasteiger partial charge in [0.1, 0.15) is 5.76 Å². The third-order valence-electron chi connectivity index (χ3n) is 4.50. The Bertz CT molecular complexity index is 843. The first-order valence-electron chi connectivity index (χ1n) is 8.80. The van der Waals surface area contributed by atoms with E-state index in [-0.39, 0.29) is 0 Å². The molecule has 3 aromatic rings. The van der Waals surface area contributed by atoms with Gasteiger partial charge in [0.05, 0.1) is 19.0 Å². The van der Waals surface area contributed by atoms with Crippen LogP contribution in [0.4, 0.5) is 17.5 Å². The fourth-order valence-corrected chi connectivity index (χ4v) is 3.09. The summed E-state index contributed by atoms with van der Waals surface area (Å²) in [5.74, 6) is 2.22. The van der Waals surface area contributed by atoms with Gasteiger partial charge in [-0.25, -0.2) is 0 Å². The molecule has 1 fully saturated rings. The standard InChI is InChI=1S/C19H22N6O/c1-15-4-2-5-16(12-15)24-7-9-25(10-8-24)19-22-18(14-21-23-19)20-13-17-6-3-11-26-17/h2-6,11-12,14H,7-10,13H2,1H3,(H,20,22,23). The maximum Gasteiger partial charge on any atom is 0.247 e. The Labute approximate surface area is 152 Å². The molecule has 0 spiro atoms. The van der Waals surface area contributed by atoms with Crippen LogP contribution < -0.4 is 15.1 Å². The maximum absolute atomic E-state index is 5.32. The van der Waals surface area contributed by atoms with Crippen LogP contribution in [-0.4, -0.2) is 41.4 Å². The Hall–Kier alpha value is -3.09. The van der Waals surface area contributed by atoms with E-state index in [9.17, 15) is 0 Å². The lowest BCUT2D eigenvalue weighted by atomic mass is 10.2. The van der Waals surface area contributed by atoms with Crippen molar-refractivity contribution < 1.29 is 4.42 Å².